The maximum absolute atomic E-state index is 15.9. The number of nitrogen functional groups attached to an aromatic ring is 1. The Balaban J connectivity index is 1.67. The number of halogens is 2. The molecule has 0 bridgehead atoms. The van der Waals surface area contributed by atoms with Gasteiger partial charge in [-0.25, -0.2) is 9.37 Å². The van der Waals surface area contributed by atoms with E-state index in [1.807, 2.05) is 0 Å². The molecule has 4 heterocycles. The van der Waals surface area contributed by atoms with Crippen LogP contribution in [-0.2, 0) is 11.9 Å². The number of carbonyl (C=O) groups is 1. The fourth-order valence-electron chi connectivity index (χ4n) is 4.30. The molecule has 5 rings (SSSR count). The van der Waals surface area contributed by atoms with Gasteiger partial charge in [-0.15, -0.1) is 0 Å². The minimum atomic E-state index is -1.87. The normalized spacial score (nSPS) is 19.5. The molecule has 2 radical (unpaired) electrons. The van der Waals surface area contributed by atoms with E-state index >= 15 is 8.71 Å². The van der Waals surface area contributed by atoms with Crippen molar-refractivity contribution in [2.75, 3.05) is 12.8 Å². The highest BCUT2D eigenvalue weighted by Gasteiger charge is 2.58. The molecule has 10 heteroatoms. The van der Waals surface area contributed by atoms with Crippen LogP contribution in [-0.4, -0.2) is 48.9 Å². The van der Waals surface area contributed by atoms with Crippen LogP contribution in [0.3, 0.4) is 0 Å². The maximum Gasteiger partial charge on any atom is 0.404 e. The lowest BCUT2D eigenvalue weighted by Crippen LogP contribution is -2.63. The highest BCUT2D eigenvalue weighted by Crippen LogP contribution is 2.42. The molecule has 1 aromatic carbocycles. The monoisotopic (exact) mass is 413 g/mol. The summed E-state index contributed by atoms with van der Waals surface area (Å²) in [7, 11) is 8.04. The summed E-state index contributed by atoms with van der Waals surface area (Å²) in [6.07, 6.45) is 4.48. The average Bonchev–Trinajstić information content (AvgIpc) is 2.99. The highest BCUT2D eigenvalue weighted by molar-refractivity contribution is 6.77. The Labute approximate surface area is 178 Å². The van der Waals surface area contributed by atoms with E-state index in [9.17, 15) is 4.79 Å². The first-order chi connectivity index (χ1) is 14.9. The number of hydrogen-bond acceptors (Lipinski definition) is 5. The van der Waals surface area contributed by atoms with Gasteiger partial charge in [0.25, 0.3) is 5.91 Å². The second-order valence-corrected chi connectivity index (χ2v) is 7.59. The van der Waals surface area contributed by atoms with Crippen molar-refractivity contribution in [3.8, 4) is 11.1 Å². The number of nitrogens with zero attached hydrogens (tertiary/aromatic N) is 4. The number of rotatable bonds is 2. The molecule has 150 valence electrons. The summed E-state index contributed by atoms with van der Waals surface area (Å²) >= 11 is 0. The Kier molecular flexibility index (Phi) is 4.22. The molecule has 1 amide bonds. The summed E-state index contributed by atoms with van der Waals surface area (Å²) in [6, 6.07) is 7.67. The fourth-order valence-corrected chi connectivity index (χ4v) is 4.30. The van der Waals surface area contributed by atoms with Crippen LogP contribution >= 0.6 is 0 Å². The summed E-state index contributed by atoms with van der Waals surface area (Å²) in [6.45, 7) is -2.02. The van der Waals surface area contributed by atoms with Gasteiger partial charge in [-0.3, -0.25) is 14.8 Å². The van der Waals surface area contributed by atoms with Crippen LogP contribution in [0.1, 0.15) is 27.2 Å². The van der Waals surface area contributed by atoms with Crippen LogP contribution in [0.4, 0.5) is 14.5 Å². The molecule has 6 nitrogen and oxygen atoms in total. The van der Waals surface area contributed by atoms with E-state index in [4.69, 9.17) is 13.6 Å². The lowest BCUT2D eigenvalue weighted by Gasteiger charge is -2.42. The number of hydrogen-bond donors (Lipinski definition) is 1. The van der Waals surface area contributed by atoms with E-state index in [2.05, 4.69) is 15.0 Å². The first-order valence-corrected chi connectivity index (χ1v) is 9.57. The summed E-state index contributed by atoms with van der Waals surface area (Å²) in [5.41, 5.74) is 7.95. The van der Waals surface area contributed by atoms with Crippen molar-refractivity contribution in [3.63, 3.8) is 0 Å². The zero-order valence-electron chi connectivity index (χ0n) is 16.5. The van der Waals surface area contributed by atoms with Crippen molar-refractivity contribution in [2.24, 2.45) is 4.99 Å². The van der Waals surface area contributed by atoms with Gasteiger partial charge in [-0.05, 0) is 35.3 Å². The highest BCUT2D eigenvalue weighted by atomic mass is 19.1. The number of fused-ring (bicyclic) bond motifs is 4. The molecule has 2 N–H and O–H groups in total. The first-order valence-electron chi connectivity index (χ1n) is 9.57. The third-order valence-corrected chi connectivity index (χ3v) is 5.87. The number of benzene rings is 1. The van der Waals surface area contributed by atoms with Gasteiger partial charge in [0.15, 0.2) is 0 Å². The third kappa shape index (κ3) is 2.64. The molecule has 0 saturated carbocycles. The Morgan fingerprint density at radius 2 is 2.13 bits per heavy atom. The SMILES string of the molecule is [B]C12B(F)c3cc(-c4cnc(N)c(C=NC)c4)cc(F)c3CN1C(=O)c1cccnc12. The zero-order chi connectivity index (χ0) is 21.9. The number of nitrogens with two attached hydrogens (primary N) is 1. The van der Waals surface area contributed by atoms with Crippen LogP contribution in [0.5, 0.6) is 0 Å². The van der Waals surface area contributed by atoms with Gasteiger partial charge in [0.1, 0.15) is 19.5 Å². The van der Waals surface area contributed by atoms with Crippen LogP contribution in [0.15, 0.2) is 47.7 Å². The van der Waals surface area contributed by atoms with Gasteiger partial charge >= 0.3 is 6.99 Å². The maximum atomic E-state index is 15.9. The summed E-state index contributed by atoms with van der Waals surface area (Å²) in [5.74, 6) is -0.815. The van der Waals surface area contributed by atoms with Crippen molar-refractivity contribution < 1.29 is 13.5 Å². The fraction of sp³-hybridized carbons (Fsp3) is 0.143. The molecule has 0 spiro atoms. The van der Waals surface area contributed by atoms with Gasteiger partial charge in [0.2, 0.25) is 0 Å². The van der Waals surface area contributed by atoms with Crippen molar-refractivity contribution in [2.45, 2.75) is 11.9 Å². The van der Waals surface area contributed by atoms with E-state index in [1.165, 1.54) is 24.7 Å². The van der Waals surface area contributed by atoms with Crippen LogP contribution in [0.2, 0.25) is 0 Å². The number of pyridine rings is 2. The van der Waals surface area contributed by atoms with E-state index in [0.29, 0.717) is 16.7 Å². The average molecular weight is 413 g/mol. The van der Waals surface area contributed by atoms with Gasteiger partial charge in [0, 0.05) is 48.9 Å². The predicted octanol–water partition coefficient (Wildman–Crippen LogP) is 1.61. The molecule has 2 aliphatic heterocycles. The molecule has 0 fully saturated rings. The second kappa shape index (κ2) is 6.73. The largest absolute Gasteiger partial charge is 0.404 e. The van der Waals surface area contributed by atoms with Gasteiger partial charge in [-0.1, -0.05) is 6.07 Å². The Bertz CT molecular complexity index is 1280. The Morgan fingerprint density at radius 3 is 2.90 bits per heavy atom. The molecule has 2 aliphatic rings. The lowest BCUT2D eigenvalue weighted by atomic mass is 9.37. The van der Waals surface area contributed by atoms with Crippen molar-refractivity contribution in [1.82, 2.24) is 14.9 Å². The number of aromatic nitrogens is 2. The van der Waals surface area contributed by atoms with Crippen LogP contribution in [0.25, 0.3) is 11.1 Å². The number of amides is 1. The third-order valence-electron chi connectivity index (χ3n) is 5.87. The number of aliphatic imine (C=N–C) groups is 1. The standard InChI is InChI=1S/C21H15B2F2N5O/c1-27-8-13-5-12(9-29-19(13)26)11-6-16-15(17(24)7-11)10-30-20(31)14-3-2-4-28-18(14)21(30,22)23(16)25/h2-9H,10H2,1H3,(H2,26,29). The zero-order valence-corrected chi connectivity index (χ0v) is 16.5. The van der Waals surface area contributed by atoms with Crippen molar-refractivity contribution in [3.05, 3.63) is 70.9 Å². The summed E-state index contributed by atoms with van der Waals surface area (Å²) < 4.78 is 31.0. The van der Waals surface area contributed by atoms with Gasteiger partial charge in [0.05, 0.1) is 16.6 Å². The molecule has 1 unspecified atom stereocenters. The predicted molar refractivity (Wildman–Crippen MR) is 116 cm³/mol. The Hall–Kier alpha value is -3.55. The molecule has 2 aromatic heterocycles. The van der Waals surface area contributed by atoms with E-state index in [0.717, 1.165) is 4.90 Å². The van der Waals surface area contributed by atoms with Crippen LogP contribution < -0.4 is 11.2 Å². The van der Waals surface area contributed by atoms with E-state index in [1.54, 1.807) is 31.3 Å². The molecule has 0 saturated heterocycles. The minimum Gasteiger partial charge on any atom is -0.383 e. The quantitative estimate of drug-likeness (QED) is 0.512. The molecular formula is C21H15B2F2N5O. The molecular weight excluding hydrogens is 398 g/mol. The molecule has 0 aliphatic carbocycles. The second-order valence-electron chi connectivity index (χ2n) is 7.59. The summed E-state index contributed by atoms with van der Waals surface area (Å²) in [5, 5.41) is -1.80. The topological polar surface area (TPSA) is 84.5 Å². The molecule has 1 atom stereocenters. The first kappa shape index (κ1) is 19.4. The molecule has 3 aromatic rings. The number of anilines is 1. The minimum absolute atomic E-state index is 0.0857. The summed E-state index contributed by atoms with van der Waals surface area (Å²) in [4.78, 5) is 26.2. The number of carbonyl (C=O) groups excluding carboxylic acids is 1. The van der Waals surface area contributed by atoms with E-state index in [-0.39, 0.29) is 34.6 Å². The van der Waals surface area contributed by atoms with Crippen LogP contribution in [0, 0.1) is 5.82 Å². The van der Waals surface area contributed by atoms with Gasteiger partial charge in [-0.2, -0.15) is 0 Å². The van der Waals surface area contributed by atoms with Crippen molar-refractivity contribution >= 4 is 38.2 Å². The smallest absolute Gasteiger partial charge is 0.383 e. The van der Waals surface area contributed by atoms with E-state index < -0.39 is 24.1 Å². The van der Waals surface area contributed by atoms with Gasteiger partial charge < -0.3 is 14.9 Å². The Morgan fingerprint density at radius 1 is 1.32 bits per heavy atom. The molecule has 31 heavy (non-hydrogen) atoms. The van der Waals surface area contributed by atoms with Crippen molar-refractivity contribution in [1.29, 1.82) is 0 Å². The lowest BCUT2D eigenvalue weighted by molar-refractivity contribution is 0.0715.